The van der Waals surface area contributed by atoms with Crippen LogP contribution in [0.4, 0.5) is 0 Å². The first-order valence-electron chi connectivity index (χ1n) is 10.4. The van der Waals surface area contributed by atoms with Crippen LogP contribution in [-0.2, 0) is 16.0 Å². The molecule has 0 atom stereocenters. The lowest BCUT2D eigenvalue weighted by Crippen LogP contribution is -2.50. The van der Waals surface area contributed by atoms with E-state index in [4.69, 9.17) is 0 Å². The molecule has 6 nitrogen and oxygen atoms in total. The maximum absolute atomic E-state index is 12.5. The first-order valence-corrected chi connectivity index (χ1v) is 10.4. The first-order chi connectivity index (χ1) is 13.5. The highest BCUT2D eigenvalue weighted by atomic mass is 16.4. The normalized spacial score (nSPS) is 17.7. The molecule has 0 unspecified atom stereocenters. The van der Waals surface area contributed by atoms with Crippen LogP contribution in [0.5, 0.6) is 0 Å². The van der Waals surface area contributed by atoms with Gasteiger partial charge in [0.05, 0.1) is 5.56 Å². The van der Waals surface area contributed by atoms with Crippen LogP contribution in [-0.4, -0.2) is 58.9 Å². The van der Waals surface area contributed by atoms with Crippen molar-refractivity contribution in [2.45, 2.75) is 51.4 Å². The monoisotopic (exact) mass is 386 g/mol. The average molecular weight is 386 g/mol. The van der Waals surface area contributed by atoms with Crippen LogP contribution in [0.1, 0.15) is 60.9 Å². The standard InChI is InChI=1S/C22H30N2O4/c25-20(11-9-17-5-1-2-6-17)23-13-15-24(16-14-23)21(26)12-10-18-7-3-4-8-19(18)22(27)28/h3-4,7-8,17H,1-2,5-6,9-16H2,(H,27,28). The molecular weight excluding hydrogens is 356 g/mol. The summed E-state index contributed by atoms with van der Waals surface area (Å²) in [5, 5.41) is 9.24. The second kappa shape index (κ2) is 9.71. The SMILES string of the molecule is O=C(O)c1ccccc1CCC(=O)N1CCN(C(=O)CCC2CCCC2)CC1. The van der Waals surface area contributed by atoms with Gasteiger partial charge in [0.1, 0.15) is 0 Å². The zero-order valence-electron chi connectivity index (χ0n) is 16.4. The van der Waals surface area contributed by atoms with Crippen molar-refractivity contribution in [2.75, 3.05) is 26.2 Å². The number of carboxylic acids is 1. The molecule has 6 heteroatoms. The van der Waals surface area contributed by atoms with Gasteiger partial charge in [-0.05, 0) is 30.4 Å². The predicted molar refractivity (Wildman–Crippen MR) is 106 cm³/mol. The Morgan fingerprint density at radius 2 is 1.46 bits per heavy atom. The van der Waals surface area contributed by atoms with Crippen LogP contribution < -0.4 is 0 Å². The molecule has 0 aromatic heterocycles. The van der Waals surface area contributed by atoms with Crippen LogP contribution in [0.15, 0.2) is 24.3 Å². The number of piperazine rings is 1. The number of nitrogens with zero attached hydrogens (tertiary/aromatic N) is 2. The lowest BCUT2D eigenvalue weighted by Gasteiger charge is -2.35. The smallest absolute Gasteiger partial charge is 0.335 e. The number of carboxylic acid groups (broad SMARTS) is 1. The van der Waals surface area contributed by atoms with Crippen LogP contribution in [0, 0.1) is 5.92 Å². The van der Waals surface area contributed by atoms with Crippen LogP contribution in [0.25, 0.3) is 0 Å². The van der Waals surface area contributed by atoms with Gasteiger partial charge in [-0.15, -0.1) is 0 Å². The molecule has 152 valence electrons. The van der Waals surface area contributed by atoms with Gasteiger partial charge in [0.2, 0.25) is 11.8 Å². The van der Waals surface area contributed by atoms with E-state index in [1.54, 1.807) is 29.2 Å². The fourth-order valence-electron chi connectivity index (χ4n) is 4.34. The van der Waals surface area contributed by atoms with E-state index in [0.717, 1.165) is 12.3 Å². The van der Waals surface area contributed by atoms with Gasteiger partial charge in [0, 0.05) is 39.0 Å². The third kappa shape index (κ3) is 5.33. The molecule has 0 spiro atoms. The molecule has 1 aliphatic carbocycles. The van der Waals surface area contributed by atoms with E-state index < -0.39 is 5.97 Å². The summed E-state index contributed by atoms with van der Waals surface area (Å²) in [6.45, 7) is 2.32. The number of aromatic carboxylic acids is 1. The van der Waals surface area contributed by atoms with Crippen molar-refractivity contribution in [2.24, 2.45) is 5.92 Å². The van der Waals surface area contributed by atoms with Gasteiger partial charge in [-0.3, -0.25) is 9.59 Å². The van der Waals surface area contributed by atoms with Crippen molar-refractivity contribution in [3.05, 3.63) is 35.4 Å². The lowest BCUT2D eigenvalue weighted by molar-refractivity contribution is -0.139. The van der Waals surface area contributed by atoms with Gasteiger partial charge >= 0.3 is 5.97 Å². The number of hydrogen-bond donors (Lipinski definition) is 1. The topological polar surface area (TPSA) is 77.9 Å². The number of amides is 2. The molecule has 1 heterocycles. The van der Waals surface area contributed by atoms with Crippen molar-refractivity contribution in [1.82, 2.24) is 9.80 Å². The van der Waals surface area contributed by atoms with Crippen molar-refractivity contribution < 1.29 is 19.5 Å². The number of rotatable bonds is 7. The largest absolute Gasteiger partial charge is 0.478 e. The Morgan fingerprint density at radius 1 is 0.893 bits per heavy atom. The molecule has 1 aromatic rings. The van der Waals surface area contributed by atoms with Gasteiger partial charge in [0.25, 0.3) is 0 Å². The average Bonchev–Trinajstić information content (AvgIpc) is 3.24. The highest BCUT2D eigenvalue weighted by Crippen LogP contribution is 2.28. The Hall–Kier alpha value is -2.37. The molecule has 28 heavy (non-hydrogen) atoms. The van der Waals surface area contributed by atoms with Gasteiger partial charge in [-0.1, -0.05) is 43.9 Å². The number of hydrogen-bond acceptors (Lipinski definition) is 3. The van der Waals surface area contributed by atoms with Crippen LogP contribution in [0.2, 0.25) is 0 Å². The quantitative estimate of drug-likeness (QED) is 0.781. The van der Waals surface area contributed by atoms with E-state index in [2.05, 4.69) is 0 Å². The molecule has 1 N–H and O–H groups in total. The second-order valence-corrected chi connectivity index (χ2v) is 7.91. The van der Waals surface area contributed by atoms with Gasteiger partial charge in [-0.2, -0.15) is 0 Å². The molecular formula is C22H30N2O4. The molecule has 1 saturated carbocycles. The summed E-state index contributed by atoms with van der Waals surface area (Å²) in [6.07, 6.45) is 7.47. The number of aryl methyl sites for hydroxylation is 1. The second-order valence-electron chi connectivity index (χ2n) is 7.91. The fourth-order valence-corrected chi connectivity index (χ4v) is 4.34. The van der Waals surface area contributed by atoms with Crippen LogP contribution in [0.3, 0.4) is 0 Å². The first kappa shape index (κ1) is 20.4. The molecule has 1 aromatic carbocycles. The van der Waals surface area contributed by atoms with E-state index in [1.165, 1.54) is 25.7 Å². The Labute approximate surface area is 166 Å². The summed E-state index contributed by atoms with van der Waals surface area (Å²) in [4.78, 5) is 39.9. The van der Waals surface area contributed by atoms with Gasteiger partial charge in [-0.25, -0.2) is 4.79 Å². The highest BCUT2D eigenvalue weighted by Gasteiger charge is 2.25. The summed E-state index contributed by atoms with van der Waals surface area (Å²) in [7, 11) is 0. The Bertz CT molecular complexity index is 704. The number of carbonyl (C=O) groups is 3. The molecule has 1 saturated heterocycles. The van der Waals surface area contributed by atoms with Crippen molar-refractivity contribution in [1.29, 1.82) is 0 Å². The summed E-state index contributed by atoms with van der Waals surface area (Å²) >= 11 is 0. The summed E-state index contributed by atoms with van der Waals surface area (Å²) in [6, 6.07) is 6.82. The van der Waals surface area contributed by atoms with Crippen molar-refractivity contribution in [3.63, 3.8) is 0 Å². The maximum atomic E-state index is 12.5. The Balaban J connectivity index is 1.41. The minimum atomic E-state index is -0.965. The summed E-state index contributed by atoms with van der Waals surface area (Å²) < 4.78 is 0. The van der Waals surface area contributed by atoms with Gasteiger partial charge in [0.15, 0.2) is 0 Å². The van der Waals surface area contributed by atoms with E-state index in [9.17, 15) is 19.5 Å². The zero-order chi connectivity index (χ0) is 19.9. The summed E-state index contributed by atoms with van der Waals surface area (Å²) in [5.41, 5.74) is 0.942. The predicted octanol–water partition coefficient (Wildman–Crippen LogP) is 2.96. The van der Waals surface area contributed by atoms with Crippen molar-refractivity contribution in [3.8, 4) is 0 Å². The third-order valence-electron chi connectivity index (χ3n) is 6.08. The molecule has 2 amide bonds. The van der Waals surface area contributed by atoms with E-state index in [1.807, 2.05) is 4.90 Å². The molecule has 2 aliphatic rings. The Morgan fingerprint density at radius 3 is 2.07 bits per heavy atom. The minimum Gasteiger partial charge on any atom is -0.478 e. The van der Waals surface area contributed by atoms with E-state index in [-0.39, 0.29) is 17.4 Å². The van der Waals surface area contributed by atoms with Crippen molar-refractivity contribution >= 4 is 17.8 Å². The zero-order valence-corrected chi connectivity index (χ0v) is 16.4. The number of benzene rings is 1. The summed E-state index contributed by atoms with van der Waals surface area (Å²) in [5.74, 6) is 0.000840. The van der Waals surface area contributed by atoms with Crippen LogP contribution >= 0.6 is 0 Å². The molecule has 0 bridgehead atoms. The molecule has 1 aliphatic heterocycles. The van der Waals surface area contributed by atoms with E-state index >= 15 is 0 Å². The highest BCUT2D eigenvalue weighted by molar-refractivity contribution is 5.89. The molecule has 3 rings (SSSR count). The number of carbonyl (C=O) groups excluding carboxylic acids is 2. The minimum absolute atomic E-state index is 0.0262. The lowest BCUT2D eigenvalue weighted by atomic mass is 10.0. The van der Waals surface area contributed by atoms with Gasteiger partial charge < -0.3 is 14.9 Å². The fraction of sp³-hybridized carbons (Fsp3) is 0.591. The molecule has 0 radical (unpaired) electrons. The van der Waals surface area contributed by atoms with E-state index in [0.29, 0.717) is 51.0 Å². The maximum Gasteiger partial charge on any atom is 0.335 e. The Kier molecular flexibility index (Phi) is 7.06. The third-order valence-corrected chi connectivity index (χ3v) is 6.08. The molecule has 2 fully saturated rings.